The summed E-state index contributed by atoms with van der Waals surface area (Å²) in [5.41, 5.74) is 0. The molecule has 1 unspecified atom stereocenters. The number of ether oxygens (including phenoxy) is 2. The Kier molecular flexibility index (Phi) is 5.07. The van der Waals surface area contributed by atoms with E-state index in [2.05, 4.69) is 10.1 Å². The third-order valence-corrected chi connectivity index (χ3v) is 5.86. The summed E-state index contributed by atoms with van der Waals surface area (Å²) >= 11 is 0. The summed E-state index contributed by atoms with van der Waals surface area (Å²) < 4.78 is 43.4. The van der Waals surface area contributed by atoms with E-state index < -0.39 is 16.1 Å². The molecule has 9 heteroatoms. The maximum absolute atomic E-state index is 13.0. The zero-order chi connectivity index (χ0) is 18.0. The fourth-order valence-electron chi connectivity index (χ4n) is 2.58. The summed E-state index contributed by atoms with van der Waals surface area (Å²) in [5, 5.41) is 3.93. The highest BCUT2D eigenvalue weighted by Crippen LogP contribution is 2.30. The average Bonchev–Trinajstić information content (AvgIpc) is 3.12. The van der Waals surface area contributed by atoms with Crippen molar-refractivity contribution in [2.45, 2.75) is 30.8 Å². The van der Waals surface area contributed by atoms with Crippen LogP contribution >= 0.6 is 0 Å². The van der Waals surface area contributed by atoms with E-state index in [1.54, 1.807) is 18.2 Å². The summed E-state index contributed by atoms with van der Waals surface area (Å²) in [6.07, 6.45) is -0.561. The van der Waals surface area contributed by atoms with Gasteiger partial charge in [0.15, 0.2) is 0 Å². The molecule has 0 saturated carbocycles. The fourth-order valence-corrected chi connectivity index (χ4v) is 4.16. The van der Waals surface area contributed by atoms with Gasteiger partial charge in [0.2, 0.25) is 21.7 Å². The Balaban J connectivity index is 1.85. The van der Waals surface area contributed by atoms with Crippen LogP contribution in [0.2, 0.25) is 0 Å². The van der Waals surface area contributed by atoms with E-state index in [-0.39, 0.29) is 30.5 Å². The third kappa shape index (κ3) is 3.53. The Morgan fingerprint density at radius 3 is 2.76 bits per heavy atom. The lowest BCUT2D eigenvalue weighted by molar-refractivity contribution is -0.00862. The van der Waals surface area contributed by atoms with Gasteiger partial charge in [0.05, 0.1) is 13.7 Å². The van der Waals surface area contributed by atoms with E-state index in [0.717, 1.165) is 0 Å². The zero-order valence-corrected chi connectivity index (χ0v) is 15.2. The monoisotopic (exact) mass is 367 g/mol. The van der Waals surface area contributed by atoms with Crippen LogP contribution in [0, 0.1) is 0 Å². The topological polar surface area (TPSA) is 94.8 Å². The number of aromatic nitrogens is 2. The van der Waals surface area contributed by atoms with Gasteiger partial charge in [-0.1, -0.05) is 31.1 Å². The molecule has 0 N–H and O–H groups in total. The Morgan fingerprint density at radius 2 is 2.08 bits per heavy atom. The molecular weight excluding hydrogens is 346 g/mol. The van der Waals surface area contributed by atoms with Crippen LogP contribution in [0.1, 0.15) is 37.6 Å². The first-order valence-corrected chi connectivity index (χ1v) is 9.45. The van der Waals surface area contributed by atoms with E-state index in [0.29, 0.717) is 17.5 Å². The summed E-state index contributed by atoms with van der Waals surface area (Å²) in [5.74, 6) is 1.28. The minimum absolute atomic E-state index is 0.0956. The second-order valence-corrected chi connectivity index (χ2v) is 7.93. The number of nitrogens with zero attached hydrogens (tertiary/aromatic N) is 3. The highest BCUT2D eigenvalue weighted by molar-refractivity contribution is 7.89. The van der Waals surface area contributed by atoms with E-state index in [9.17, 15) is 8.42 Å². The minimum atomic E-state index is -3.71. The van der Waals surface area contributed by atoms with Crippen molar-refractivity contribution in [2.24, 2.45) is 0 Å². The molecule has 0 radical (unpaired) electrons. The van der Waals surface area contributed by atoms with Crippen LogP contribution in [-0.4, -0.2) is 49.7 Å². The van der Waals surface area contributed by atoms with Crippen molar-refractivity contribution in [1.82, 2.24) is 14.4 Å². The maximum atomic E-state index is 13.0. The van der Waals surface area contributed by atoms with Crippen LogP contribution in [0.3, 0.4) is 0 Å². The Hall–Kier alpha value is -1.97. The van der Waals surface area contributed by atoms with Gasteiger partial charge in [-0.25, -0.2) is 8.42 Å². The van der Waals surface area contributed by atoms with Gasteiger partial charge in [-0.15, -0.1) is 0 Å². The number of para-hydroxylation sites is 1. The van der Waals surface area contributed by atoms with Gasteiger partial charge in [-0.05, 0) is 12.1 Å². The summed E-state index contributed by atoms with van der Waals surface area (Å²) in [7, 11) is -2.27. The molecule has 3 rings (SSSR count). The van der Waals surface area contributed by atoms with E-state index in [1.165, 1.54) is 17.5 Å². The first kappa shape index (κ1) is 17.8. The van der Waals surface area contributed by atoms with Crippen LogP contribution in [0.5, 0.6) is 5.75 Å². The molecule has 1 saturated heterocycles. The average molecular weight is 367 g/mol. The van der Waals surface area contributed by atoms with Crippen molar-refractivity contribution < 1.29 is 22.4 Å². The summed E-state index contributed by atoms with van der Waals surface area (Å²) in [4.78, 5) is 4.44. The van der Waals surface area contributed by atoms with Gasteiger partial charge in [0, 0.05) is 19.0 Å². The predicted octanol–water partition coefficient (Wildman–Crippen LogP) is 1.96. The number of benzene rings is 1. The van der Waals surface area contributed by atoms with Gasteiger partial charge in [0.25, 0.3) is 0 Å². The van der Waals surface area contributed by atoms with Gasteiger partial charge < -0.3 is 14.0 Å². The molecule has 1 atom stereocenters. The Bertz CT molecular complexity index is 834. The van der Waals surface area contributed by atoms with Gasteiger partial charge in [0.1, 0.15) is 16.7 Å². The molecule has 0 bridgehead atoms. The number of sulfonamides is 1. The third-order valence-electron chi connectivity index (χ3n) is 3.96. The molecule has 136 valence electrons. The van der Waals surface area contributed by atoms with Crippen LogP contribution in [0.25, 0.3) is 0 Å². The van der Waals surface area contributed by atoms with E-state index >= 15 is 0 Å². The highest BCUT2D eigenvalue weighted by Gasteiger charge is 2.35. The highest BCUT2D eigenvalue weighted by atomic mass is 32.2. The van der Waals surface area contributed by atoms with Crippen LogP contribution in [0.15, 0.2) is 33.7 Å². The quantitative estimate of drug-likeness (QED) is 0.797. The van der Waals surface area contributed by atoms with Crippen molar-refractivity contribution in [3.63, 3.8) is 0 Å². The number of morpholine rings is 1. The summed E-state index contributed by atoms with van der Waals surface area (Å²) in [6, 6.07) is 6.55. The standard InChI is InChI=1S/C16H21N3O5S/c1-11(2)16-17-15(18-24-16)13-10-19(8-9-23-13)25(20,21)14-7-5-4-6-12(14)22-3/h4-7,11,13H,8-10H2,1-3H3. The smallest absolute Gasteiger partial charge is 0.246 e. The van der Waals surface area contributed by atoms with Crippen molar-refractivity contribution in [1.29, 1.82) is 0 Å². The van der Waals surface area contributed by atoms with Crippen LogP contribution in [0.4, 0.5) is 0 Å². The number of hydrogen-bond donors (Lipinski definition) is 0. The Morgan fingerprint density at radius 1 is 1.32 bits per heavy atom. The minimum Gasteiger partial charge on any atom is -0.495 e. The van der Waals surface area contributed by atoms with Crippen molar-refractivity contribution >= 4 is 10.0 Å². The molecule has 1 fully saturated rings. The van der Waals surface area contributed by atoms with Crippen molar-refractivity contribution in [3.8, 4) is 5.75 Å². The predicted molar refractivity (Wildman–Crippen MR) is 88.8 cm³/mol. The first-order valence-electron chi connectivity index (χ1n) is 8.01. The van der Waals surface area contributed by atoms with E-state index in [1.807, 2.05) is 13.8 Å². The molecule has 1 aliphatic heterocycles. The first-order chi connectivity index (χ1) is 11.9. The molecule has 2 heterocycles. The lowest BCUT2D eigenvalue weighted by Crippen LogP contribution is -2.42. The molecular formula is C16H21N3O5S. The Labute approximate surface area is 146 Å². The second kappa shape index (κ2) is 7.11. The lowest BCUT2D eigenvalue weighted by atomic mass is 10.2. The van der Waals surface area contributed by atoms with Crippen LogP contribution in [-0.2, 0) is 14.8 Å². The molecule has 0 spiro atoms. The zero-order valence-electron chi connectivity index (χ0n) is 14.4. The largest absolute Gasteiger partial charge is 0.495 e. The fraction of sp³-hybridized carbons (Fsp3) is 0.500. The van der Waals surface area contributed by atoms with Gasteiger partial charge >= 0.3 is 0 Å². The van der Waals surface area contributed by atoms with Crippen LogP contribution < -0.4 is 4.74 Å². The SMILES string of the molecule is COc1ccccc1S(=O)(=O)N1CCOC(c2noc(C(C)C)n2)C1. The van der Waals surface area contributed by atoms with Crippen molar-refractivity contribution in [3.05, 3.63) is 36.0 Å². The normalized spacial score (nSPS) is 19.3. The lowest BCUT2D eigenvalue weighted by Gasteiger charge is -2.30. The molecule has 1 aromatic carbocycles. The molecule has 1 aromatic heterocycles. The maximum Gasteiger partial charge on any atom is 0.246 e. The molecule has 0 aliphatic carbocycles. The second-order valence-electron chi connectivity index (χ2n) is 6.02. The van der Waals surface area contributed by atoms with E-state index in [4.69, 9.17) is 14.0 Å². The number of hydrogen-bond acceptors (Lipinski definition) is 7. The number of rotatable bonds is 5. The summed E-state index contributed by atoms with van der Waals surface area (Å²) in [6.45, 7) is 4.52. The molecule has 8 nitrogen and oxygen atoms in total. The van der Waals surface area contributed by atoms with Crippen molar-refractivity contribution in [2.75, 3.05) is 26.8 Å². The number of methoxy groups -OCH3 is 1. The molecule has 0 amide bonds. The molecule has 25 heavy (non-hydrogen) atoms. The van der Waals surface area contributed by atoms with Gasteiger partial charge in [-0.3, -0.25) is 0 Å². The molecule has 1 aliphatic rings. The van der Waals surface area contributed by atoms with Gasteiger partial charge in [-0.2, -0.15) is 9.29 Å². The molecule has 2 aromatic rings.